The van der Waals surface area contributed by atoms with Crippen LogP contribution in [0.2, 0.25) is 0 Å². The van der Waals surface area contributed by atoms with Crippen LogP contribution in [0.3, 0.4) is 0 Å². The molecule has 2 N–H and O–H groups in total. The van der Waals surface area contributed by atoms with E-state index < -0.39 is 0 Å². The van der Waals surface area contributed by atoms with Crippen molar-refractivity contribution >= 4 is 28.2 Å². The monoisotopic (exact) mass is 384 g/mol. The fourth-order valence-electron chi connectivity index (χ4n) is 3.07. The summed E-state index contributed by atoms with van der Waals surface area (Å²) in [5.74, 6) is 0.548. The fourth-order valence-corrected chi connectivity index (χ4v) is 3.07. The highest BCUT2D eigenvalue weighted by Gasteiger charge is 2.10. The quantitative estimate of drug-likeness (QED) is 0.512. The SMILES string of the molecule is COc1ccccc1CNc1ccc(C(=O)Nc2cccc3cccnc23)nc1. The Kier molecular flexibility index (Phi) is 5.33. The minimum absolute atomic E-state index is 0.278. The predicted octanol–water partition coefficient (Wildman–Crippen LogP) is 4.50. The van der Waals surface area contributed by atoms with E-state index in [9.17, 15) is 4.79 Å². The molecule has 0 radical (unpaired) electrons. The van der Waals surface area contributed by atoms with Crippen molar-refractivity contribution in [1.82, 2.24) is 9.97 Å². The van der Waals surface area contributed by atoms with Gasteiger partial charge < -0.3 is 15.4 Å². The van der Waals surface area contributed by atoms with Crippen LogP contribution in [0.4, 0.5) is 11.4 Å². The lowest BCUT2D eigenvalue weighted by Gasteiger charge is -2.11. The van der Waals surface area contributed by atoms with Crippen LogP contribution in [0.1, 0.15) is 16.1 Å². The molecule has 29 heavy (non-hydrogen) atoms. The first kappa shape index (κ1) is 18.4. The Balaban J connectivity index is 1.44. The zero-order chi connectivity index (χ0) is 20.1. The summed E-state index contributed by atoms with van der Waals surface area (Å²) in [5, 5.41) is 7.15. The molecule has 0 spiro atoms. The van der Waals surface area contributed by atoms with E-state index in [1.165, 1.54) is 0 Å². The summed E-state index contributed by atoms with van der Waals surface area (Å²) >= 11 is 0. The summed E-state index contributed by atoms with van der Waals surface area (Å²) in [7, 11) is 1.65. The van der Waals surface area contributed by atoms with Gasteiger partial charge in [0.15, 0.2) is 0 Å². The summed E-state index contributed by atoms with van der Waals surface area (Å²) in [6.07, 6.45) is 3.35. The first-order valence-electron chi connectivity index (χ1n) is 9.21. The molecule has 2 aromatic carbocycles. The Morgan fingerprint density at radius 1 is 0.966 bits per heavy atom. The van der Waals surface area contributed by atoms with Crippen LogP contribution >= 0.6 is 0 Å². The molecule has 0 saturated carbocycles. The number of hydrogen-bond donors (Lipinski definition) is 2. The number of anilines is 2. The maximum Gasteiger partial charge on any atom is 0.274 e. The van der Waals surface area contributed by atoms with Gasteiger partial charge in [0, 0.05) is 23.7 Å². The number of carbonyl (C=O) groups is 1. The highest BCUT2D eigenvalue weighted by Crippen LogP contribution is 2.22. The van der Waals surface area contributed by atoms with Crippen LogP contribution in [0, 0.1) is 0 Å². The number of hydrogen-bond acceptors (Lipinski definition) is 5. The molecule has 0 aliphatic rings. The standard InChI is InChI=1S/C23H20N4O2/c1-29-21-10-3-2-6-17(21)14-25-18-11-12-20(26-15-18)23(28)27-19-9-4-7-16-8-5-13-24-22(16)19/h2-13,15,25H,14H2,1H3,(H,27,28). The topological polar surface area (TPSA) is 76.1 Å². The van der Waals surface area contributed by atoms with Crippen molar-refractivity contribution in [2.45, 2.75) is 6.54 Å². The van der Waals surface area contributed by atoms with Gasteiger partial charge in [-0.2, -0.15) is 0 Å². The first-order chi connectivity index (χ1) is 14.2. The Hall–Kier alpha value is -3.93. The average Bonchev–Trinajstić information content (AvgIpc) is 2.78. The number of aromatic nitrogens is 2. The van der Waals surface area contributed by atoms with E-state index >= 15 is 0 Å². The number of nitrogens with zero attached hydrogens (tertiary/aromatic N) is 2. The van der Waals surface area contributed by atoms with Gasteiger partial charge in [-0.25, -0.2) is 4.98 Å². The highest BCUT2D eigenvalue weighted by molar-refractivity contribution is 6.07. The van der Waals surface area contributed by atoms with E-state index in [-0.39, 0.29) is 5.91 Å². The molecule has 4 rings (SSSR count). The molecule has 0 aliphatic carbocycles. The minimum atomic E-state index is -0.278. The number of fused-ring (bicyclic) bond motifs is 1. The van der Waals surface area contributed by atoms with Gasteiger partial charge in [0.2, 0.25) is 0 Å². The molecular weight excluding hydrogens is 364 g/mol. The van der Waals surface area contributed by atoms with Crippen LogP contribution in [0.5, 0.6) is 5.75 Å². The van der Waals surface area contributed by atoms with E-state index in [1.54, 1.807) is 25.6 Å². The van der Waals surface area contributed by atoms with Crippen LogP contribution < -0.4 is 15.4 Å². The third-order valence-corrected chi connectivity index (χ3v) is 4.55. The van der Waals surface area contributed by atoms with Crippen LogP contribution in [0.25, 0.3) is 10.9 Å². The Morgan fingerprint density at radius 2 is 1.83 bits per heavy atom. The number of benzene rings is 2. The molecule has 0 saturated heterocycles. The van der Waals surface area contributed by atoms with Crippen molar-refractivity contribution in [3.05, 3.63) is 90.4 Å². The molecule has 0 unspecified atom stereocenters. The lowest BCUT2D eigenvalue weighted by atomic mass is 10.2. The summed E-state index contributed by atoms with van der Waals surface area (Å²) in [6, 6.07) is 20.8. The van der Waals surface area contributed by atoms with Crippen molar-refractivity contribution in [1.29, 1.82) is 0 Å². The molecule has 0 bridgehead atoms. The van der Waals surface area contributed by atoms with Crippen molar-refractivity contribution in [2.75, 3.05) is 17.7 Å². The van der Waals surface area contributed by atoms with E-state index in [0.717, 1.165) is 27.9 Å². The molecule has 6 nitrogen and oxygen atoms in total. The summed E-state index contributed by atoms with van der Waals surface area (Å²) < 4.78 is 5.36. The largest absolute Gasteiger partial charge is 0.496 e. The number of ether oxygens (including phenoxy) is 1. The van der Waals surface area contributed by atoms with Crippen molar-refractivity contribution < 1.29 is 9.53 Å². The lowest BCUT2D eigenvalue weighted by molar-refractivity contribution is 0.102. The van der Waals surface area contributed by atoms with Gasteiger partial charge in [-0.15, -0.1) is 0 Å². The Labute approximate surface area is 168 Å². The molecule has 4 aromatic rings. The molecule has 2 aromatic heterocycles. The smallest absolute Gasteiger partial charge is 0.274 e. The molecule has 0 aliphatic heterocycles. The Morgan fingerprint density at radius 3 is 2.66 bits per heavy atom. The molecule has 144 valence electrons. The van der Waals surface area contributed by atoms with Gasteiger partial charge in [0.1, 0.15) is 11.4 Å². The molecule has 0 fully saturated rings. The highest BCUT2D eigenvalue weighted by atomic mass is 16.5. The zero-order valence-electron chi connectivity index (χ0n) is 15.9. The number of para-hydroxylation sites is 2. The van der Waals surface area contributed by atoms with Gasteiger partial charge in [0.05, 0.1) is 30.2 Å². The van der Waals surface area contributed by atoms with Gasteiger partial charge in [-0.3, -0.25) is 9.78 Å². The molecule has 0 atom stereocenters. The van der Waals surface area contributed by atoms with Crippen molar-refractivity contribution in [3.63, 3.8) is 0 Å². The Bertz CT molecular complexity index is 1140. The van der Waals surface area contributed by atoms with E-state index in [4.69, 9.17) is 4.74 Å². The van der Waals surface area contributed by atoms with E-state index in [0.29, 0.717) is 17.9 Å². The summed E-state index contributed by atoms with van der Waals surface area (Å²) in [6.45, 7) is 0.596. The number of nitrogens with one attached hydrogen (secondary N) is 2. The van der Waals surface area contributed by atoms with Crippen LogP contribution in [-0.4, -0.2) is 23.0 Å². The third-order valence-electron chi connectivity index (χ3n) is 4.55. The first-order valence-corrected chi connectivity index (χ1v) is 9.21. The number of methoxy groups -OCH3 is 1. The van der Waals surface area contributed by atoms with Gasteiger partial charge in [-0.1, -0.05) is 36.4 Å². The zero-order valence-corrected chi connectivity index (χ0v) is 15.9. The number of amides is 1. The van der Waals surface area contributed by atoms with Gasteiger partial charge in [0.25, 0.3) is 5.91 Å². The van der Waals surface area contributed by atoms with Gasteiger partial charge >= 0.3 is 0 Å². The lowest BCUT2D eigenvalue weighted by Crippen LogP contribution is -2.14. The maximum atomic E-state index is 12.6. The van der Waals surface area contributed by atoms with Gasteiger partial charge in [-0.05, 0) is 30.3 Å². The molecule has 2 heterocycles. The second kappa shape index (κ2) is 8.39. The molecule has 1 amide bonds. The van der Waals surface area contributed by atoms with Crippen LogP contribution in [-0.2, 0) is 6.54 Å². The number of carbonyl (C=O) groups excluding carboxylic acids is 1. The normalized spacial score (nSPS) is 10.5. The second-order valence-electron chi connectivity index (χ2n) is 6.43. The van der Waals surface area contributed by atoms with Crippen molar-refractivity contribution in [3.8, 4) is 5.75 Å². The van der Waals surface area contributed by atoms with Crippen molar-refractivity contribution in [2.24, 2.45) is 0 Å². The third kappa shape index (κ3) is 4.16. The fraction of sp³-hybridized carbons (Fsp3) is 0.0870. The number of rotatable bonds is 6. The average molecular weight is 384 g/mol. The maximum absolute atomic E-state index is 12.6. The van der Waals surface area contributed by atoms with Crippen LogP contribution in [0.15, 0.2) is 79.1 Å². The molecule has 6 heteroatoms. The summed E-state index contributed by atoms with van der Waals surface area (Å²) in [5.41, 5.74) is 3.60. The summed E-state index contributed by atoms with van der Waals surface area (Å²) in [4.78, 5) is 21.2. The minimum Gasteiger partial charge on any atom is -0.496 e. The molecular formula is C23H20N4O2. The number of pyridine rings is 2. The second-order valence-corrected chi connectivity index (χ2v) is 6.43. The van der Waals surface area contributed by atoms with E-state index in [2.05, 4.69) is 20.6 Å². The predicted molar refractivity (Wildman–Crippen MR) is 114 cm³/mol. The van der Waals surface area contributed by atoms with E-state index in [1.807, 2.05) is 60.7 Å².